The average Bonchev–Trinajstić information content (AvgIpc) is 3.12. The molecule has 1 aliphatic rings. The van der Waals surface area contributed by atoms with Gasteiger partial charge in [-0.2, -0.15) is 5.26 Å². The number of anilines is 1. The third-order valence-electron chi connectivity index (χ3n) is 4.96. The molecule has 1 N–H and O–H groups in total. The lowest BCUT2D eigenvalue weighted by atomic mass is 9.96. The Morgan fingerprint density at radius 1 is 1.32 bits per heavy atom. The van der Waals surface area contributed by atoms with Gasteiger partial charge in [0.15, 0.2) is 6.10 Å². The maximum absolute atomic E-state index is 12.7. The van der Waals surface area contributed by atoms with Crippen LogP contribution >= 0.6 is 11.3 Å². The molecule has 1 heterocycles. The Balaban J connectivity index is 1.63. The Kier molecular flexibility index (Phi) is 7.15. The van der Waals surface area contributed by atoms with Gasteiger partial charge in [-0.15, -0.1) is 11.3 Å². The minimum atomic E-state index is -1.00. The van der Waals surface area contributed by atoms with Crippen molar-refractivity contribution < 1.29 is 19.2 Å². The zero-order chi connectivity index (χ0) is 22.4. The Hall–Kier alpha value is -3.51. The van der Waals surface area contributed by atoms with Gasteiger partial charge in [0.05, 0.1) is 10.5 Å². The predicted octanol–water partition coefficient (Wildman–Crippen LogP) is 4.38. The number of nitrogens with zero attached hydrogens (tertiary/aromatic N) is 2. The summed E-state index contributed by atoms with van der Waals surface area (Å²) in [6.07, 6.45) is 5.74. The Morgan fingerprint density at radius 2 is 2.03 bits per heavy atom. The van der Waals surface area contributed by atoms with Crippen molar-refractivity contribution in [1.29, 1.82) is 5.26 Å². The molecule has 3 rings (SSSR count). The SMILES string of the molecule is CC[C@H](OC(=O)/C=C\c1ccc([N+](=O)[O-])cc1)C(=O)Nc1sc2c(c1C#N)CCCC2. The lowest BCUT2D eigenvalue weighted by Crippen LogP contribution is -2.31. The van der Waals surface area contributed by atoms with Gasteiger partial charge in [-0.05, 0) is 61.4 Å². The molecule has 1 aromatic carbocycles. The fourth-order valence-corrected chi connectivity index (χ4v) is 4.58. The number of hydrogen-bond acceptors (Lipinski definition) is 7. The molecule has 0 aliphatic heterocycles. The number of nitrogens with one attached hydrogen (secondary N) is 1. The molecule has 0 saturated carbocycles. The van der Waals surface area contributed by atoms with Crippen LogP contribution in [0.1, 0.15) is 47.8 Å². The van der Waals surface area contributed by atoms with Crippen molar-refractivity contribution in [2.75, 3.05) is 5.32 Å². The molecule has 160 valence electrons. The summed E-state index contributed by atoms with van der Waals surface area (Å²) in [5.74, 6) is -1.18. The zero-order valence-corrected chi connectivity index (χ0v) is 17.7. The van der Waals surface area contributed by atoms with Gasteiger partial charge in [-0.25, -0.2) is 4.79 Å². The molecule has 0 fully saturated rings. The second-order valence-corrected chi connectivity index (χ2v) is 8.14. The molecule has 1 amide bonds. The van der Waals surface area contributed by atoms with Crippen LogP contribution in [-0.2, 0) is 27.2 Å². The highest BCUT2D eigenvalue weighted by Gasteiger charge is 2.25. The molecule has 1 aromatic heterocycles. The van der Waals surface area contributed by atoms with Crippen LogP contribution in [0.15, 0.2) is 30.3 Å². The smallest absolute Gasteiger partial charge is 0.331 e. The van der Waals surface area contributed by atoms with Crippen molar-refractivity contribution in [3.8, 4) is 6.07 Å². The van der Waals surface area contributed by atoms with Crippen molar-refractivity contribution >= 4 is 40.0 Å². The molecule has 0 saturated heterocycles. The molecule has 1 aliphatic carbocycles. The number of ether oxygens (including phenoxy) is 1. The zero-order valence-electron chi connectivity index (χ0n) is 16.9. The number of esters is 1. The summed E-state index contributed by atoms with van der Waals surface area (Å²) >= 11 is 1.42. The fourth-order valence-electron chi connectivity index (χ4n) is 3.34. The summed E-state index contributed by atoms with van der Waals surface area (Å²) in [4.78, 5) is 36.1. The summed E-state index contributed by atoms with van der Waals surface area (Å²) in [6.45, 7) is 1.72. The van der Waals surface area contributed by atoms with E-state index in [1.165, 1.54) is 47.8 Å². The summed E-state index contributed by atoms with van der Waals surface area (Å²) in [6, 6.07) is 7.87. The van der Waals surface area contributed by atoms with Crippen LogP contribution in [0.5, 0.6) is 0 Å². The first kappa shape index (κ1) is 22.2. The molecule has 31 heavy (non-hydrogen) atoms. The molecule has 8 nitrogen and oxygen atoms in total. The molecule has 0 spiro atoms. The van der Waals surface area contributed by atoms with E-state index in [9.17, 15) is 25.0 Å². The summed E-state index contributed by atoms with van der Waals surface area (Å²) in [7, 11) is 0. The lowest BCUT2D eigenvalue weighted by molar-refractivity contribution is -0.384. The van der Waals surface area contributed by atoms with Gasteiger partial charge in [-0.1, -0.05) is 6.92 Å². The van der Waals surface area contributed by atoms with Crippen LogP contribution in [0.4, 0.5) is 10.7 Å². The first-order chi connectivity index (χ1) is 14.9. The van der Waals surface area contributed by atoms with Gasteiger partial charge in [-0.3, -0.25) is 14.9 Å². The van der Waals surface area contributed by atoms with Crippen molar-refractivity contribution in [1.82, 2.24) is 0 Å². The number of amides is 1. The number of nitro groups is 1. The standard InChI is InChI=1S/C22H21N3O5S/c1-2-18(30-20(26)12-9-14-7-10-15(11-8-14)25(28)29)21(27)24-22-17(13-23)16-5-3-4-6-19(16)31-22/h7-12,18H,2-6H2,1H3,(H,24,27)/b12-9-/t18-/m0/s1. The average molecular weight is 439 g/mol. The van der Waals surface area contributed by atoms with Crippen LogP contribution in [0.3, 0.4) is 0 Å². The van der Waals surface area contributed by atoms with Gasteiger partial charge in [0, 0.05) is 23.1 Å². The third-order valence-corrected chi connectivity index (χ3v) is 6.16. The number of nitro benzene ring substituents is 1. The number of fused-ring (bicyclic) bond motifs is 1. The minimum Gasteiger partial charge on any atom is -0.449 e. The monoisotopic (exact) mass is 439 g/mol. The Bertz CT molecular complexity index is 1070. The topological polar surface area (TPSA) is 122 Å². The minimum absolute atomic E-state index is 0.0468. The molecule has 1 atom stereocenters. The van der Waals surface area contributed by atoms with Crippen LogP contribution < -0.4 is 5.32 Å². The molecule has 0 radical (unpaired) electrons. The molecule has 0 unspecified atom stereocenters. The van der Waals surface area contributed by atoms with Gasteiger partial charge < -0.3 is 10.1 Å². The van der Waals surface area contributed by atoms with Crippen molar-refractivity contribution in [3.63, 3.8) is 0 Å². The molecule has 0 bridgehead atoms. The number of thiophene rings is 1. The van der Waals surface area contributed by atoms with E-state index >= 15 is 0 Å². The molecular formula is C22H21N3O5S. The quantitative estimate of drug-likeness (QED) is 0.296. The van der Waals surface area contributed by atoms with E-state index in [2.05, 4.69) is 11.4 Å². The van der Waals surface area contributed by atoms with E-state index in [1.807, 2.05) is 0 Å². The Labute approximate surface area is 183 Å². The number of non-ortho nitro benzene ring substituents is 1. The van der Waals surface area contributed by atoms with E-state index in [1.54, 1.807) is 6.92 Å². The number of carbonyl (C=O) groups excluding carboxylic acids is 2. The number of carbonyl (C=O) groups is 2. The van der Waals surface area contributed by atoms with Gasteiger partial charge >= 0.3 is 5.97 Å². The number of rotatable bonds is 7. The summed E-state index contributed by atoms with van der Waals surface area (Å²) in [5.41, 5.74) is 2.06. The van der Waals surface area contributed by atoms with Crippen LogP contribution in [0.25, 0.3) is 6.08 Å². The fraction of sp³-hybridized carbons (Fsp3) is 0.318. The van der Waals surface area contributed by atoms with Crippen LogP contribution in [0.2, 0.25) is 0 Å². The van der Waals surface area contributed by atoms with Crippen LogP contribution in [0, 0.1) is 21.4 Å². The highest BCUT2D eigenvalue weighted by atomic mass is 32.1. The first-order valence-electron chi connectivity index (χ1n) is 9.91. The van der Waals surface area contributed by atoms with E-state index in [0.29, 0.717) is 16.1 Å². The second-order valence-electron chi connectivity index (χ2n) is 7.03. The lowest BCUT2D eigenvalue weighted by Gasteiger charge is -2.14. The van der Waals surface area contributed by atoms with Crippen molar-refractivity contribution in [2.24, 2.45) is 0 Å². The highest BCUT2D eigenvalue weighted by Crippen LogP contribution is 2.37. The predicted molar refractivity (Wildman–Crippen MR) is 117 cm³/mol. The van der Waals surface area contributed by atoms with Gasteiger partial charge in [0.1, 0.15) is 11.1 Å². The third kappa shape index (κ3) is 5.35. The van der Waals surface area contributed by atoms with E-state index in [4.69, 9.17) is 4.74 Å². The first-order valence-corrected chi connectivity index (χ1v) is 10.7. The number of hydrogen-bond donors (Lipinski definition) is 1. The van der Waals surface area contributed by atoms with E-state index in [-0.39, 0.29) is 12.1 Å². The number of aryl methyl sites for hydroxylation is 1. The molecule has 2 aromatic rings. The number of nitriles is 1. The van der Waals surface area contributed by atoms with Crippen molar-refractivity contribution in [3.05, 3.63) is 62.0 Å². The maximum atomic E-state index is 12.7. The Morgan fingerprint density at radius 3 is 2.68 bits per heavy atom. The van der Waals surface area contributed by atoms with E-state index < -0.39 is 22.9 Å². The summed E-state index contributed by atoms with van der Waals surface area (Å²) in [5, 5.41) is 23.5. The van der Waals surface area contributed by atoms with Crippen LogP contribution in [-0.4, -0.2) is 22.9 Å². The second kappa shape index (κ2) is 10.00. The van der Waals surface area contributed by atoms with E-state index in [0.717, 1.165) is 36.1 Å². The number of benzene rings is 1. The van der Waals surface area contributed by atoms with Gasteiger partial charge in [0.25, 0.3) is 11.6 Å². The largest absolute Gasteiger partial charge is 0.449 e. The van der Waals surface area contributed by atoms with Gasteiger partial charge in [0.2, 0.25) is 0 Å². The normalized spacial score (nSPS) is 13.8. The highest BCUT2D eigenvalue weighted by molar-refractivity contribution is 7.16. The maximum Gasteiger partial charge on any atom is 0.331 e. The van der Waals surface area contributed by atoms with Crippen molar-refractivity contribution in [2.45, 2.75) is 45.1 Å². The molecule has 9 heteroatoms. The molecular weight excluding hydrogens is 418 g/mol. The summed E-state index contributed by atoms with van der Waals surface area (Å²) < 4.78 is 5.27.